The first-order valence-corrected chi connectivity index (χ1v) is 9.38. The van der Waals surface area contributed by atoms with E-state index in [2.05, 4.69) is 6.07 Å². The third-order valence-corrected chi connectivity index (χ3v) is 5.20. The zero-order valence-corrected chi connectivity index (χ0v) is 15.8. The first-order valence-electron chi connectivity index (χ1n) is 8.19. The Labute approximate surface area is 169 Å². The quantitative estimate of drug-likeness (QED) is 0.520. The number of carbonyl (C=O) groups is 2. The minimum Gasteiger partial charge on any atom is -0.457 e. The van der Waals surface area contributed by atoms with E-state index in [1.165, 1.54) is 0 Å². The number of anilines is 1. The number of amides is 2. The third-order valence-electron chi connectivity index (χ3n) is 4.08. The van der Waals surface area contributed by atoms with Crippen LogP contribution in [0.1, 0.15) is 11.3 Å². The molecule has 5 nitrogen and oxygen atoms in total. The number of hydrogen-bond acceptors (Lipinski definition) is 5. The van der Waals surface area contributed by atoms with E-state index in [1.54, 1.807) is 66.7 Å². The molecule has 1 aromatic heterocycles. The zero-order valence-electron chi connectivity index (χ0n) is 14.3. The maximum absolute atomic E-state index is 12.7. The van der Waals surface area contributed by atoms with Gasteiger partial charge in [0, 0.05) is 16.7 Å². The van der Waals surface area contributed by atoms with E-state index in [4.69, 9.17) is 21.3 Å². The molecule has 0 aliphatic carbocycles. The van der Waals surface area contributed by atoms with E-state index in [0.29, 0.717) is 27.8 Å². The van der Waals surface area contributed by atoms with Gasteiger partial charge in [-0.15, -0.1) is 0 Å². The lowest BCUT2D eigenvalue weighted by molar-refractivity contribution is -0.113. The van der Waals surface area contributed by atoms with Crippen LogP contribution in [0.15, 0.2) is 70.0 Å². The molecule has 1 aliphatic heterocycles. The SMILES string of the molecule is N#Cc1ccc(-c2ccc(/C=C3/SC(=O)N(c4ccc(Cl)cc4)C3=O)o2)cc1. The lowest BCUT2D eigenvalue weighted by Crippen LogP contribution is -2.27. The van der Waals surface area contributed by atoms with Gasteiger partial charge in [0.05, 0.1) is 22.2 Å². The minimum atomic E-state index is -0.409. The molecule has 136 valence electrons. The summed E-state index contributed by atoms with van der Waals surface area (Å²) in [4.78, 5) is 26.3. The molecule has 2 amide bonds. The predicted octanol–water partition coefficient (Wildman–Crippen LogP) is 5.71. The van der Waals surface area contributed by atoms with E-state index < -0.39 is 5.91 Å². The van der Waals surface area contributed by atoms with Gasteiger partial charge in [-0.05, 0) is 72.4 Å². The van der Waals surface area contributed by atoms with E-state index in [-0.39, 0.29) is 10.1 Å². The van der Waals surface area contributed by atoms with E-state index in [1.807, 2.05) is 0 Å². The van der Waals surface area contributed by atoms with Gasteiger partial charge in [-0.3, -0.25) is 9.59 Å². The van der Waals surface area contributed by atoms with Crippen LogP contribution in [0.5, 0.6) is 0 Å². The Morgan fingerprint density at radius 2 is 1.71 bits per heavy atom. The fourth-order valence-corrected chi connectivity index (χ4v) is 3.65. The van der Waals surface area contributed by atoms with Crippen molar-refractivity contribution in [2.75, 3.05) is 4.90 Å². The van der Waals surface area contributed by atoms with Crippen LogP contribution in [-0.4, -0.2) is 11.1 Å². The summed E-state index contributed by atoms with van der Waals surface area (Å²) in [6.45, 7) is 0. The van der Waals surface area contributed by atoms with Gasteiger partial charge in [0.25, 0.3) is 11.1 Å². The van der Waals surface area contributed by atoms with Gasteiger partial charge < -0.3 is 4.42 Å². The Kier molecular flexibility index (Phi) is 4.78. The smallest absolute Gasteiger partial charge is 0.298 e. The summed E-state index contributed by atoms with van der Waals surface area (Å²) in [7, 11) is 0. The third kappa shape index (κ3) is 3.46. The standard InChI is InChI=1S/C21H11ClN2O3S/c22-15-5-7-16(8-6-15)24-20(25)19(28-21(24)26)11-17-9-10-18(27-17)14-3-1-13(12-23)2-4-14/h1-11H/b19-11+. The molecular weight excluding hydrogens is 396 g/mol. The maximum Gasteiger partial charge on any atom is 0.298 e. The number of thioether (sulfide) groups is 1. The van der Waals surface area contributed by atoms with Crippen molar-refractivity contribution < 1.29 is 14.0 Å². The maximum atomic E-state index is 12.7. The first-order chi connectivity index (χ1) is 13.5. The average Bonchev–Trinajstić information content (AvgIpc) is 3.28. The molecule has 0 spiro atoms. The summed E-state index contributed by atoms with van der Waals surface area (Å²) < 4.78 is 5.77. The molecule has 2 aromatic carbocycles. The van der Waals surface area contributed by atoms with Crippen molar-refractivity contribution in [3.8, 4) is 17.4 Å². The Hall–Kier alpha value is -3.27. The Morgan fingerprint density at radius 1 is 1.00 bits per heavy atom. The highest BCUT2D eigenvalue weighted by Crippen LogP contribution is 2.36. The number of rotatable bonds is 3. The van der Waals surface area contributed by atoms with Crippen LogP contribution in [0.4, 0.5) is 10.5 Å². The monoisotopic (exact) mass is 406 g/mol. The first kappa shape index (κ1) is 18.1. The molecule has 0 N–H and O–H groups in total. The molecule has 1 aliphatic rings. The molecule has 4 rings (SSSR count). The van der Waals surface area contributed by atoms with Crippen molar-refractivity contribution in [2.45, 2.75) is 0 Å². The summed E-state index contributed by atoms with van der Waals surface area (Å²) in [6, 6.07) is 19.0. The normalized spacial score (nSPS) is 15.3. The number of halogens is 1. The van der Waals surface area contributed by atoms with Gasteiger partial charge in [0.1, 0.15) is 11.5 Å². The highest BCUT2D eigenvalue weighted by Gasteiger charge is 2.36. The highest BCUT2D eigenvalue weighted by molar-refractivity contribution is 8.19. The number of hydrogen-bond donors (Lipinski definition) is 0. The highest BCUT2D eigenvalue weighted by atomic mass is 35.5. The molecule has 0 bridgehead atoms. The summed E-state index contributed by atoms with van der Waals surface area (Å²) in [5, 5.41) is 9.02. The Morgan fingerprint density at radius 3 is 2.39 bits per heavy atom. The number of furan rings is 1. The Bertz CT molecular complexity index is 1140. The fourth-order valence-electron chi connectivity index (χ4n) is 2.70. The molecule has 7 heteroatoms. The predicted molar refractivity (Wildman–Crippen MR) is 109 cm³/mol. The molecule has 3 aromatic rings. The van der Waals surface area contributed by atoms with Crippen molar-refractivity contribution in [3.63, 3.8) is 0 Å². The second kappa shape index (κ2) is 7.39. The van der Waals surface area contributed by atoms with Crippen LogP contribution in [0, 0.1) is 11.3 Å². The molecule has 28 heavy (non-hydrogen) atoms. The zero-order chi connectivity index (χ0) is 19.7. The van der Waals surface area contributed by atoms with E-state index in [0.717, 1.165) is 22.2 Å². The van der Waals surface area contributed by atoms with Gasteiger partial charge in [-0.25, -0.2) is 4.90 Å². The number of nitrogens with zero attached hydrogens (tertiary/aromatic N) is 2. The number of benzene rings is 2. The lowest BCUT2D eigenvalue weighted by Gasteiger charge is -2.11. The molecular formula is C21H11ClN2O3S. The largest absolute Gasteiger partial charge is 0.457 e. The Balaban J connectivity index is 1.58. The fraction of sp³-hybridized carbons (Fsp3) is 0. The van der Waals surface area contributed by atoms with Crippen LogP contribution >= 0.6 is 23.4 Å². The molecule has 0 unspecified atom stereocenters. The average molecular weight is 407 g/mol. The van der Waals surface area contributed by atoms with Crippen molar-refractivity contribution in [2.24, 2.45) is 0 Å². The van der Waals surface area contributed by atoms with Crippen molar-refractivity contribution in [1.82, 2.24) is 0 Å². The van der Waals surface area contributed by atoms with Crippen LogP contribution < -0.4 is 4.90 Å². The van der Waals surface area contributed by atoms with E-state index in [9.17, 15) is 9.59 Å². The van der Waals surface area contributed by atoms with Crippen LogP contribution in [0.25, 0.3) is 17.4 Å². The number of carbonyl (C=O) groups excluding carboxylic acids is 2. The molecule has 2 heterocycles. The molecule has 0 saturated carbocycles. The second-order valence-corrected chi connectivity index (χ2v) is 7.31. The number of nitriles is 1. The van der Waals surface area contributed by atoms with Crippen LogP contribution in [0.2, 0.25) is 5.02 Å². The summed E-state index contributed by atoms with van der Waals surface area (Å²) >= 11 is 6.72. The minimum absolute atomic E-state index is 0.278. The summed E-state index contributed by atoms with van der Waals surface area (Å²) in [5.74, 6) is 0.655. The van der Waals surface area contributed by atoms with Crippen molar-refractivity contribution in [1.29, 1.82) is 5.26 Å². The topological polar surface area (TPSA) is 74.3 Å². The van der Waals surface area contributed by atoms with Gasteiger partial charge in [-0.1, -0.05) is 11.6 Å². The second-order valence-electron chi connectivity index (χ2n) is 5.88. The van der Waals surface area contributed by atoms with E-state index >= 15 is 0 Å². The van der Waals surface area contributed by atoms with Gasteiger partial charge >= 0.3 is 0 Å². The molecule has 1 fully saturated rings. The van der Waals surface area contributed by atoms with Crippen LogP contribution in [0.3, 0.4) is 0 Å². The van der Waals surface area contributed by atoms with Gasteiger partial charge in [0.2, 0.25) is 0 Å². The summed E-state index contributed by atoms with van der Waals surface area (Å²) in [6.07, 6.45) is 1.55. The van der Waals surface area contributed by atoms with Gasteiger partial charge in [0.15, 0.2) is 0 Å². The van der Waals surface area contributed by atoms with Crippen molar-refractivity contribution >= 4 is 46.3 Å². The molecule has 0 radical (unpaired) electrons. The lowest BCUT2D eigenvalue weighted by atomic mass is 10.1. The van der Waals surface area contributed by atoms with Crippen LogP contribution in [-0.2, 0) is 4.79 Å². The molecule has 1 saturated heterocycles. The summed E-state index contributed by atoms with van der Waals surface area (Å²) in [5.41, 5.74) is 1.84. The van der Waals surface area contributed by atoms with Crippen molar-refractivity contribution in [3.05, 3.63) is 81.9 Å². The van der Waals surface area contributed by atoms with Gasteiger partial charge in [-0.2, -0.15) is 5.26 Å². The number of imide groups is 1. The molecule has 0 atom stereocenters.